The molecule has 0 fully saturated rings. The summed E-state index contributed by atoms with van der Waals surface area (Å²) in [5.41, 5.74) is 8.07. The summed E-state index contributed by atoms with van der Waals surface area (Å²) in [6, 6.07) is 12.1. The van der Waals surface area contributed by atoms with Crippen molar-refractivity contribution in [3.8, 4) is 0 Å². The summed E-state index contributed by atoms with van der Waals surface area (Å²) in [5, 5.41) is 0. The SMILES string of the molecule is NCc1ccccc1Cc1ccco1. The summed E-state index contributed by atoms with van der Waals surface area (Å²) in [4.78, 5) is 0. The summed E-state index contributed by atoms with van der Waals surface area (Å²) in [7, 11) is 0. The molecule has 0 atom stereocenters. The number of furan rings is 1. The zero-order chi connectivity index (χ0) is 9.80. The maximum absolute atomic E-state index is 5.65. The molecule has 0 aliphatic rings. The number of nitrogens with two attached hydrogens (primary N) is 1. The van der Waals surface area contributed by atoms with Gasteiger partial charge < -0.3 is 10.2 Å². The molecular weight excluding hydrogens is 174 g/mol. The van der Waals surface area contributed by atoms with Crippen molar-refractivity contribution in [3.05, 3.63) is 59.5 Å². The van der Waals surface area contributed by atoms with E-state index < -0.39 is 0 Å². The van der Waals surface area contributed by atoms with E-state index >= 15 is 0 Å². The van der Waals surface area contributed by atoms with Crippen LogP contribution in [0.3, 0.4) is 0 Å². The van der Waals surface area contributed by atoms with Crippen LogP contribution in [0.4, 0.5) is 0 Å². The smallest absolute Gasteiger partial charge is 0.108 e. The van der Waals surface area contributed by atoms with E-state index in [0.717, 1.165) is 12.2 Å². The molecule has 0 aliphatic carbocycles. The van der Waals surface area contributed by atoms with E-state index in [0.29, 0.717) is 6.54 Å². The highest BCUT2D eigenvalue weighted by Crippen LogP contribution is 2.14. The fourth-order valence-electron chi connectivity index (χ4n) is 1.53. The second-order valence-electron chi connectivity index (χ2n) is 3.23. The van der Waals surface area contributed by atoms with Crippen LogP contribution in [0.1, 0.15) is 16.9 Å². The Morgan fingerprint density at radius 1 is 1.00 bits per heavy atom. The molecule has 0 bridgehead atoms. The van der Waals surface area contributed by atoms with E-state index in [2.05, 4.69) is 12.1 Å². The normalized spacial score (nSPS) is 10.4. The van der Waals surface area contributed by atoms with E-state index in [1.54, 1.807) is 6.26 Å². The predicted octanol–water partition coefficient (Wildman–Crippen LogP) is 2.33. The predicted molar refractivity (Wildman–Crippen MR) is 55.8 cm³/mol. The average Bonchev–Trinajstić information content (AvgIpc) is 2.71. The quantitative estimate of drug-likeness (QED) is 0.801. The van der Waals surface area contributed by atoms with Crippen LogP contribution in [0.25, 0.3) is 0 Å². The standard InChI is InChI=1S/C12H13NO/c13-9-11-5-2-1-4-10(11)8-12-6-3-7-14-12/h1-7H,8-9,13H2. The number of hydrogen-bond donors (Lipinski definition) is 1. The minimum Gasteiger partial charge on any atom is -0.469 e. The first-order valence-electron chi connectivity index (χ1n) is 4.69. The fourth-order valence-corrected chi connectivity index (χ4v) is 1.53. The first-order chi connectivity index (χ1) is 6.90. The molecule has 2 N–H and O–H groups in total. The Labute approximate surface area is 83.4 Å². The van der Waals surface area contributed by atoms with Gasteiger partial charge >= 0.3 is 0 Å². The molecule has 0 spiro atoms. The molecule has 0 saturated heterocycles. The number of hydrogen-bond acceptors (Lipinski definition) is 2. The van der Waals surface area contributed by atoms with Gasteiger partial charge in [-0.3, -0.25) is 0 Å². The molecule has 2 aromatic rings. The first-order valence-corrected chi connectivity index (χ1v) is 4.69. The van der Waals surface area contributed by atoms with Gasteiger partial charge in [-0.15, -0.1) is 0 Å². The van der Waals surface area contributed by atoms with Gasteiger partial charge in [0.05, 0.1) is 6.26 Å². The molecule has 2 nitrogen and oxygen atoms in total. The number of benzene rings is 1. The molecule has 0 saturated carbocycles. The molecule has 1 aromatic carbocycles. The zero-order valence-corrected chi connectivity index (χ0v) is 7.94. The van der Waals surface area contributed by atoms with Crippen molar-refractivity contribution < 1.29 is 4.42 Å². The van der Waals surface area contributed by atoms with Gasteiger partial charge in [-0.2, -0.15) is 0 Å². The highest BCUT2D eigenvalue weighted by Gasteiger charge is 2.02. The Kier molecular flexibility index (Phi) is 2.65. The van der Waals surface area contributed by atoms with Crippen molar-refractivity contribution in [3.63, 3.8) is 0 Å². The maximum Gasteiger partial charge on any atom is 0.108 e. The molecule has 1 aromatic heterocycles. The fraction of sp³-hybridized carbons (Fsp3) is 0.167. The van der Waals surface area contributed by atoms with Gasteiger partial charge in [0.25, 0.3) is 0 Å². The first kappa shape index (κ1) is 9.03. The van der Waals surface area contributed by atoms with E-state index in [-0.39, 0.29) is 0 Å². The van der Waals surface area contributed by atoms with Crippen molar-refractivity contribution >= 4 is 0 Å². The summed E-state index contributed by atoms with van der Waals surface area (Å²) >= 11 is 0. The Balaban J connectivity index is 2.24. The summed E-state index contributed by atoms with van der Waals surface area (Å²) < 4.78 is 5.30. The lowest BCUT2D eigenvalue weighted by atomic mass is 10.0. The van der Waals surface area contributed by atoms with Crippen LogP contribution < -0.4 is 5.73 Å². The summed E-state index contributed by atoms with van der Waals surface area (Å²) in [5.74, 6) is 0.978. The van der Waals surface area contributed by atoms with Crippen LogP contribution in [0, 0.1) is 0 Å². The van der Waals surface area contributed by atoms with Crippen molar-refractivity contribution in [2.75, 3.05) is 0 Å². The maximum atomic E-state index is 5.65. The van der Waals surface area contributed by atoms with Crippen molar-refractivity contribution in [2.24, 2.45) is 5.73 Å². The minimum atomic E-state index is 0.580. The minimum absolute atomic E-state index is 0.580. The van der Waals surface area contributed by atoms with Crippen LogP contribution in [-0.2, 0) is 13.0 Å². The zero-order valence-electron chi connectivity index (χ0n) is 7.94. The molecule has 2 rings (SSSR count). The van der Waals surface area contributed by atoms with Gasteiger partial charge in [-0.1, -0.05) is 24.3 Å². The highest BCUT2D eigenvalue weighted by atomic mass is 16.3. The van der Waals surface area contributed by atoms with Gasteiger partial charge in [0.15, 0.2) is 0 Å². The van der Waals surface area contributed by atoms with E-state index in [1.807, 2.05) is 24.3 Å². The van der Waals surface area contributed by atoms with E-state index in [4.69, 9.17) is 10.2 Å². The molecule has 14 heavy (non-hydrogen) atoms. The van der Waals surface area contributed by atoms with Gasteiger partial charge in [-0.05, 0) is 23.3 Å². The summed E-state index contributed by atoms with van der Waals surface area (Å²) in [6.45, 7) is 0.580. The topological polar surface area (TPSA) is 39.2 Å². The monoisotopic (exact) mass is 187 g/mol. The third-order valence-electron chi connectivity index (χ3n) is 2.28. The Bertz CT molecular complexity index is 392. The van der Waals surface area contributed by atoms with Crippen LogP contribution in [0.5, 0.6) is 0 Å². The molecular formula is C12H13NO. The third-order valence-corrected chi connectivity index (χ3v) is 2.28. The average molecular weight is 187 g/mol. The molecule has 2 heteroatoms. The van der Waals surface area contributed by atoms with E-state index in [9.17, 15) is 0 Å². The second kappa shape index (κ2) is 4.11. The Morgan fingerprint density at radius 3 is 2.43 bits per heavy atom. The molecule has 1 heterocycles. The summed E-state index contributed by atoms with van der Waals surface area (Å²) in [6.07, 6.45) is 2.51. The van der Waals surface area contributed by atoms with Crippen LogP contribution >= 0.6 is 0 Å². The number of rotatable bonds is 3. The second-order valence-corrected chi connectivity index (χ2v) is 3.23. The van der Waals surface area contributed by atoms with Crippen LogP contribution in [0.15, 0.2) is 47.1 Å². The molecule has 0 aliphatic heterocycles. The molecule has 0 radical (unpaired) electrons. The van der Waals surface area contributed by atoms with E-state index in [1.165, 1.54) is 11.1 Å². The van der Waals surface area contributed by atoms with Crippen molar-refractivity contribution in [1.82, 2.24) is 0 Å². The van der Waals surface area contributed by atoms with Crippen LogP contribution in [0.2, 0.25) is 0 Å². The molecule has 72 valence electrons. The highest BCUT2D eigenvalue weighted by molar-refractivity contribution is 5.30. The van der Waals surface area contributed by atoms with Gasteiger partial charge in [-0.25, -0.2) is 0 Å². The van der Waals surface area contributed by atoms with Crippen LogP contribution in [-0.4, -0.2) is 0 Å². The Hall–Kier alpha value is -1.54. The van der Waals surface area contributed by atoms with Gasteiger partial charge in [0, 0.05) is 13.0 Å². The lowest BCUT2D eigenvalue weighted by Gasteiger charge is -2.04. The Morgan fingerprint density at radius 2 is 1.79 bits per heavy atom. The lowest BCUT2D eigenvalue weighted by molar-refractivity contribution is 0.520. The van der Waals surface area contributed by atoms with Gasteiger partial charge in [0.1, 0.15) is 5.76 Å². The largest absolute Gasteiger partial charge is 0.469 e. The van der Waals surface area contributed by atoms with Crippen molar-refractivity contribution in [2.45, 2.75) is 13.0 Å². The van der Waals surface area contributed by atoms with Gasteiger partial charge in [0.2, 0.25) is 0 Å². The van der Waals surface area contributed by atoms with Crippen molar-refractivity contribution in [1.29, 1.82) is 0 Å². The third kappa shape index (κ3) is 1.86. The molecule has 0 unspecified atom stereocenters. The lowest BCUT2D eigenvalue weighted by Crippen LogP contribution is -2.01. The molecule has 0 amide bonds.